The Kier molecular flexibility index (Phi) is 8.32. The highest BCUT2D eigenvalue weighted by Crippen LogP contribution is 2.34. The Morgan fingerprint density at radius 1 is 1.28 bits per heavy atom. The number of anilines is 1. The molecule has 1 unspecified atom stereocenters. The van der Waals surface area contributed by atoms with Crippen molar-refractivity contribution in [2.75, 3.05) is 69.9 Å². The lowest BCUT2D eigenvalue weighted by molar-refractivity contribution is -0.0104. The van der Waals surface area contributed by atoms with Crippen molar-refractivity contribution >= 4 is 23.4 Å². The first-order valence-corrected chi connectivity index (χ1v) is 11.6. The van der Waals surface area contributed by atoms with Gasteiger partial charge in [-0.2, -0.15) is 11.8 Å². The molecule has 0 bridgehead atoms. The SMILES string of the molecule is CCNC(=NCC1(N2CCOCC2)CCSC1)Nc1ccc(OC)c(OCC)c1. The number of rotatable bonds is 8. The molecule has 3 rings (SSSR count). The van der Waals surface area contributed by atoms with E-state index in [9.17, 15) is 0 Å². The monoisotopic (exact) mass is 422 g/mol. The van der Waals surface area contributed by atoms with Crippen molar-refractivity contribution < 1.29 is 14.2 Å². The lowest BCUT2D eigenvalue weighted by Crippen LogP contribution is -2.56. The molecule has 2 saturated heterocycles. The van der Waals surface area contributed by atoms with Crippen LogP contribution in [0.25, 0.3) is 0 Å². The number of morpholine rings is 1. The maximum absolute atomic E-state index is 5.70. The fraction of sp³-hybridized carbons (Fsp3) is 0.667. The van der Waals surface area contributed by atoms with Gasteiger partial charge in [0.25, 0.3) is 0 Å². The zero-order chi connectivity index (χ0) is 20.5. The number of thioether (sulfide) groups is 1. The fourth-order valence-electron chi connectivity index (χ4n) is 3.80. The van der Waals surface area contributed by atoms with Crippen molar-refractivity contribution in [3.63, 3.8) is 0 Å². The molecule has 1 aromatic carbocycles. The fourth-order valence-corrected chi connectivity index (χ4v) is 5.27. The molecule has 2 N–H and O–H groups in total. The van der Waals surface area contributed by atoms with E-state index in [0.29, 0.717) is 6.61 Å². The van der Waals surface area contributed by atoms with Gasteiger partial charge in [-0.25, -0.2) is 0 Å². The summed E-state index contributed by atoms with van der Waals surface area (Å²) in [5.41, 5.74) is 1.06. The summed E-state index contributed by atoms with van der Waals surface area (Å²) >= 11 is 2.03. The lowest BCUT2D eigenvalue weighted by Gasteiger charge is -2.42. The van der Waals surface area contributed by atoms with Gasteiger partial charge < -0.3 is 24.8 Å². The minimum atomic E-state index is 0.132. The lowest BCUT2D eigenvalue weighted by atomic mass is 9.96. The largest absolute Gasteiger partial charge is 0.493 e. The molecule has 2 aliphatic rings. The number of ether oxygens (including phenoxy) is 3. The highest BCUT2D eigenvalue weighted by molar-refractivity contribution is 7.99. The Balaban J connectivity index is 1.74. The first-order valence-electron chi connectivity index (χ1n) is 10.5. The average Bonchev–Trinajstić information content (AvgIpc) is 3.24. The number of hydrogen-bond donors (Lipinski definition) is 2. The van der Waals surface area contributed by atoms with E-state index in [2.05, 4.69) is 22.5 Å². The van der Waals surface area contributed by atoms with Crippen molar-refractivity contribution in [2.24, 2.45) is 4.99 Å². The van der Waals surface area contributed by atoms with Crippen LogP contribution in [-0.2, 0) is 4.74 Å². The predicted molar refractivity (Wildman–Crippen MR) is 121 cm³/mol. The van der Waals surface area contributed by atoms with Gasteiger partial charge >= 0.3 is 0 Å². The molecule has 1 atom stereocenters. The van der Waals surface area contributed by atoms with Crippen LogP contribution >= 0.6 is 11.8 Å². The van der Waals surface area contributed by atoms with Crippen LogP contribution in [0.2, 0.25) is 0 Å². The summed E-state index contributed by atoms with van der Waals surface area (Å²) in [6.07, 6.45) is 1.18. The summed E-state index contributed by atoms with van der Waals surface area (Å²) in [5.74, 6) is 4.59. The molecule has 0 aromatic heterocycles. The average molecular weight is 423 g/mol. The Morgan fingerprint density at radius 2 is 2.10 bits per heavy atom. The maximum Gasteiger partial charge on any atom is 0.195 e. The van der Waals surface area contributed by atoms with Crippen LogP contribution in [0.15, 0.2) is 23.2 Å². The van der Waals surface area contributed by atoms with Gasteiger partial charge in [-0.3, -0.25) is 9.89 Å². The number of guanidine groups is 1. The molecule has 162 valence electrons. The molecule has 2 fully saturated rings. The molecular formula is C21H34N4O3S. The second-order valence-electron chi connectivity index (χ2n) is 7.25. The molecule has 8 heteroatoms. The zero-order valence-corrected chi connectivity index (χ0v) is 18.6. The molecule has 2 aliphatic heterocycles. The van der Waals surface area contributed by atoms with Crippen LogP contribution < -0.4 is 20.1 Å². The smallest absolute Gasteiger partial charge is 0.195 e. The van der Waals surface area contributed by atoms with Crippen LogP contribution in [0.5, 0.6) is 11.5 Å². The summed E-state index contributed by atoms with van der Waals surface area (Å²) in [4.78, 5) is 7.57. The van der Waals surface area contributed by atoms with Crippen LogP contribution in [0, 0.1) is 0 Å². The quantitative estimate of drug-likeness (QED) is 0.493. The number of nitrogens with zero attached hydrogens (tertiary/aromatic N) is 2. The van der Waals surface area contributed by atoms with Crippen molar-refractivity contribution in [1.29, 1.82) is 0 Å². The number of methoxy groups -OCH3 is 1. The van der Waals surface area contributed by atoms with Crippen LogP contribution in [0.4, 0.5) is 5.69 Å². The summed E-state index contributed by atoms with van der Waals surface area (Å²) < 4.78 is 16.7. The van der Waals surface area contributed by atoms with Gasteiger partial charge in [-0.15, -0.1) is 0 Å². The first-order chi connectivity index (χ1) is 14.2. The van der Waals surface area contributed by atoms with Crippen LogP contribution in [0.1, 0.15) is 20.3 Å². The number of aliphatic imine (C=N–C) groups is 1. The van der Waals surface area contributed by atoms with Crippen molar-refractivity contribution in [3.8, 4) is 11.5 Å². The first kappa shape index (κ1) is 22.1. The van der Waals surface area contributed by atoms with Gasteiger partial charge in [0, 0.05) is 37.1 Å². The van der Waals surface area contributed by atoms with E-state index in [1.54, 1.807) is 7.11 Å². The summed E-state index contributed by atoms with van der Waals surface area (Å²) in [7, 11) is 1.65. The standard InChI is InChI=1S/C21H34N4O3S/c1-4-22-20(24-17-6-7-18(26-3)19(14-17)28-5-2)23-15-21(8-13-29-16-21)25-9-11-27-12-10-25/h6-7,14H,4-5,8-13,15-16H2,1-3H3,(H2,22,23,24). The summed E-state index contributed by atoms with van der Waals surface area (Å²) in [6, 6.07) is 5.86. The molecule has 0 radical (unpaired) electrons. The number of benzene rings is 1. The highest BCUT2D eigenvalue weighted by Gasteiger charge is 2.40. The topological polar surface area (TPSA) is 67.4 Å². The molecule has 1 aromatic rings. The van der Waals surface area contributed by atoms with E-state index in [1.165, 1.54) is 12.2 Å². The van der Waals surface area contributed by atoms with E-state index in [4.69, 9.17) is 19.2 Å². The number of hydrogen-bond acceptors (Lipinski definition) is 6. The van der Waals surface area contributed by atoms with E-state index in [0.717, 1.165) is 68.3 Å². The second-order valence-corrected chi connectivity index (χ2v) is 8.35. The third-order valence-corrected chi connectivity index (χ3v) is 6.60. The molecule has 2 heterocycles. The molecule has 0 aliphatic carbocycles. The van der Waals surface area contributed by atoms with E-state index >= 15 is 0 Å². The second kappa shape index (κ2) is 10.9. The minimum absolute atomic E-state index is 0.132. The van der Waals surface area contributed by atoms with Crippen molar-refractivity contribution in [1.82, 2.24) is 10.2 Å². The minimum Gasteiger partial charge on any atom is -0.493 e. The van der Waals surface area contributed by atoms with Crippen molar-refractivity contribution in [3.05, 3.63) is 18.2 Å². The molecule has 7 nitrogen and oxygen atoms in total. The van der Waals surface area contributed by atoms with Gasteiger partial charge in [-0.1, -0.05) is 0 Å². The van der Waals surface area contributed by atoms with Gasteiger partial charge in [-0.05, 0) is 38.2 Å². The molecule has 29 heavy (non-hydrogen) atoms. The van der Waals surface area contributed by atoms with Crippen molar-refractivity contribution in [2.45, 2.75) is 25.8 Å². The summed E-state index contributed by atoms with van der Waals surface area (Å²) in [6.45, 7) is 9.86. The van der Waals surface area contributed by atoms with Gasteiger partial charge in [0.2, 0.25) is 0 Å². The van der Waals surface area contributed by atoms with Gasteiger partial charge in [0.05, 0.1) is 39.0 Å². The maximum atomic E-state index is 5.70. The zero-order valence-electron chi connectivity index (χ0n) is 17.8. The molecular weight excluding hydrogens is 388 g/mol. The Labute approximate surface area is 178 Å². The van der Waals surface area contributed by atoms with Gasteiger partial charge in [0.1, 0.15) is 0 Å². The van der Waals surface area contributed by atoms with Gasteiger partial charge in [0.15, 0.2) is 17.5 Å². The van der Waals surface area contributed by atoms with E-state index < -0.39 is 0 Å². The molecule has 0 saturated carbocycles. The summed E-state index contributed by atoms with van der Waals surface area (Å²) in [5, 5.41) is 6.80. The van der Waals surface area contributed by atoms with E-state index in [-0.39, 0.29) is 5.54 Å². The van der Waals surface area contributed by atoms with Crippen LogP contribution in [-0.4, -0.2) is 81.0 Å². The van der Waals surface area contributed by atoms with E-state index in [1.807, 2.05) is 36.9 Å². The normalized spacial score (nSPS) is 23.1. The predicted octanol–water partition coefficient (Wildman–Crippen LogP) is 2.68. The highest BCUT2D eigenvalue weighted by atomic mass is 32.2. The Bertz CT molecular complexity index is 674. The molecule has 0 spiro atoms. The third kappa shape index (κ3) is 5.71. The number of nitrogens with one attached hydrogen (secondary N) is 2. The Hall–Kier alpha value is -1.64. The van der Waals surface area contributed by atoms with Crippen LogP contribution in [0.3, 0.4) is 0 Å². The Morgan fingerprint density at radius 3 is 2.76 bits per heavy atom. The molecule has 0 amide bonds. The third-order valence-electron chi connectivity index (χ3n) is 5.37.